The van der Waals surface area contributed by atoms with Crippen LogP contribution < -0.4 is 19.5 Å². The number of rotatable bonds is 8. The topological polar surface area (TPSA) is 60.0 Å². The number of benzene rings is 2. The molecule has 0 fully saturated rings. The van der Waals surface area contributed by atoms with Gasteiger partial charge in [-0.3, -0.25) is 4.79 Å². The van der Waals surface area contributed by atoms with Crippen LogP contribution in [0.1, 0.15) is 12.0 Å². The highest BCUT2D eigenvalue weighted by Crippen LogP contribution is 2.35. The number of fused-ring (bicyclic) bond motifs is 1. The summed E-state index contributed by atoms with van der Waals surface area (Å²) in [5.41, 5.74) is 1.10. The van der Waals surface area contributed by atoms with E-state index in [4.69, 9.17) is 14.2 Å². The SMILES string of the molecule is CN(C)CCC(=O)NC[C@@H]1COc2ccc(OCc3ccccc3)cc2O1. The molecular weight excluding hydrogens is 344 g/mol. The lowest BCUT2D eigenvalue weighted by molar-refractivity contribution is -0.121. The second-order valence-corrected chi connectivity index (χ2v) is 6.79. The minimum atomic E-state index is -0.217. The zero-order valence-electron chi connectivity index (χ0n) is 15.8. The molecule has 2 aromatic rings. The van der Waals surface area contributed by atoms with Crippen LogP contribution in [0.5, 0.6) is 17.2 Å². The van der Waals surface area contributed by atoms with E-state index in [0.29, 0.717) is 37.7 Å². The van der Waals surface area contributed by atoms with Crippen LogP contribution in [0, 0.1) is 0 Å². The highest BCUT2D eigenvalue weighted by Gasteiger charge is 2.22. The summed E-state index contributed by atoms with van der Waals surface area (Å²) in [6.07, 6.45) is 0.249. The van der Waals surface area contributed by atoms with Gasteiger partial charge in [-0.05, 0) is 31.8 Å². The van der Waals surface area contributed by atoms with Gasteiger partial charge in [0.1, 0.15) is 25.1 Å². The summed E-state index contributed by atoms with van der Waals surface area (Å²) in [4.78, 5) is 13.8. The average Bonchev–Trinajstić information content (AvgIpc) is 2.69. The lowest BCUT2D eigenvalue weighted by Crippen LogP contribution is -2.41. The molecule has 1 heterocycles. The smallest absolute Gasteiger partial charge is 0.221 e. The summed E-state index contributed by atoms with van der Waals surface area (Å²) in [6.45, 7) is 2.04. The minimum Gasteiger partial charge on any atom is -0.489 e. The third-order valence-corrected chi connectivity index (χ3v) is 4.19. The number of carbonyl (C=O) groups is 1. The van der Waals surface area contributed by atoms with Crippen molar-refractivity contribution in [1.82, 2.24) is 10.2 Å². The minimum absolute atomic E-state index is 0.0121. The molecule has 0 bridgehead atoms. The van der Waals surface area contributed by atoms with Crippen LogP contribution in [-0.2, 0) is 11.4 Å². The molecule has 3 rings (SSSR count). The van der Waals surface area contributed by atoms with Crippen LogP contribution in [0.3, 0.4) is 0 Å². The maximum atomic E-state index is 11.9. The van der Waals surface area contributed by atoms with Crippen molar-refractivity contribution in [2.75, 3.05) is 33.8 Å². The first kappa shape index (κ1) is 19.0. The molecule has 0 spiro atoms. The van der Waals surface area contributed by atoms with Crippen molar-refractivity contribution in [3.8, 4) is 17.2 Å². The molecule has 1 amide bonds. The first-order valence-electron chi connectivity index (χ1n) is 9.12. The molecule has 0 unspecified atom stereocenters. The Kier molecular flexibility index (Phi) is 6.54. The summed E-state index contributed by atoms with van der Waals surface area (Å²) in [5, 5.41) is 2.90. The van der Waals surface area contributed by atoms with E-state index in [2.05, 4.69) is 5.32 Å². The highest BCUT2D eigenvalue weighted by atomic mass is 16.6. The third kappa shape index (κ3) is 5.89. The number of hydrogen-bond donors (Lipinski definition) is 1. The van der Waals surface area contributed by atoms with Crippen molar-refractivity contribution in [3.05, 3.63) is 54.1 Å². The monoisotopic (exact) mass is 370 g/mol. The number of amides is 1. The van der Waals surface area contributed by atoms with Crippen molar-refractivity contribution in [3.63, 3.8) is 0 Å². The van der Waals surface area contributed by atoms with Gasteiger partial charge in [-0.15, -0.1) is 0 Å². The standard InChI is InChI=1S/C21H26N2O4/c1-23(2)11-10-21(24)22-13-18-15-26-19-9-8-17(12-20(19)27-18)25-14-16-6-4-3-5-7-16/h3-9,12,18H,10-11,13-15H2,1-2H3,(H,22,24)/t18-/m1/s1. The number of carbonyl (C=O) groups excluding carboxylic acids is 1. The van der Waals surface area contributed by atoms with Crippen molar-refractivity contribution in [2.24, 2.45) is 0 Å². The zero-order valence-corrected chi connectivity index (χ0v) is 15.8. The lowest BCUT2D eigenvalue weighted by atomic mass is 10.2. The number of ether oxygens (including phenoxy) is 3. The van der Waals surface area contributed by atoms with Crippen molar-refractivity contribution in [1.29, 1.82) is 0 Å². The van der Waals surface area contributed by atoms with E-state index >= 15 is 0 Å². The summed E-state index contributed by atoms with van der Waals surface area (Å²) < 4.78 is 17.6. The van der Waals surface area contributed by atoms with Crippen LogP contribution in [0.15, 0.2) is 48.5 Å². The van der Waals surface area contributed by atoms with E-state index < -0.39 is 0 Å². The van der Waals surface area contributed by atoms with E-state index in [1.54, 1.807) is 0 Å². The zero-order chi connectivity index (χ0) is 19.1. The fourth-order valence-corrected chi connectivity index (χ4v) is 2.67. The molecule has 1 N–H and O–H groups in total. The predicted octanol–water partition coefficient (Wildman–Crippen LogP) is 2.47. The Balaban J connectivity index is 1.51. The third-order valence-electron chi connectivity index (χ3n) is 4.19. The largest absolute Gasteiger partial charge is 0.489 e. The van der Waals surface area contributed by atoms with Crippen LogP contribution in [0.4, 0.5) is 0 Å². The maximum absolute atomic E-state index is 11.9. The van der Waals surface area contributed by atoms with Crippen LogP contribution >= 0.6 is 0 Å². The quantitative estimate of drug-likeness (QED) is 0.774. The average molecular weight is 370 g/mol. The van der Waals surface area contributed by atoms with E-state index in [9.17, 15) is 4.79 Å². The van der Waals surface area contributed by atoms with Gasteiger partial charge in [0, 0.05) is 19.0 Å². The molecule has 6 nitrogen and oxygen atoms in total. The van der Waals surface area contributed by atoms with E-state index in [1.165, 1.54) is 0 Å². The summed E-state index contributed by atoms with van der Waals surface area (Å²) in [6, 6.07) is 15.5. The van der Waals surface area contributed by atoms with Gasteiger partial charge >= 0.3 is 0 Å². The van der Waals surface area contributed by atoms with Gasteiger partial charge < -0.3 is 24.4 Å². The van der Waals surface area contributed by atoms with Crippen LogP contribution in [0.2, 0.25) is 0 Å². The number of nitrogens with one attached hydrogen (secondary N) is 1. The second-order valence-electron chi connectivity index (χ2n) is 6.79. The Bertz CT molecular complexity index is 749. The van der Waals surface area contributed by atoms with E-state index in [-0.39, 0.29) is 12.0 Å². The molecule has 0 aliphatic carbocycles. The van der Waals surface area contributed by atoms with Crippen molar-refractivity contribution in [2.45, 2.75) is 19.1 Å². The van der Waals surface area contributed by atoms with Gasteiger partial charge in [-0.2, -0.15) is 0 Å². The Labute approximate surface area is 160 Å². The van der Waals surface area contributed by atoms with Gasteiger partial charge in [0.2, 0.25) is 5.91 Å². The molecule has 2 aromatic carbocycles. The van der Waals surface area contributed by atoms with Crippen molar-refractivity contribution < 1.29 is 19.0 Å². The lowest BCUT2D eigenvalue weighted by Gasteiger charge is -2.27. The summed E-state index contributed by atoms with van der Waals surface area (Å²) >= 11 is 0. The molecule has 27 heavy (non-hydrogen) atoms. The molecule has 0 radical (unpaired) electrons. The van der Waals surface area contributed by atoms with Gasteiger partial charge in [0.25, 0.3) is 0 Å². The van der Waals surface area contributed by atoms with Crippen LogP contribution in [0.25, 0.3) is 0 Å². The molecular formula is C21H26N2O4. The number of nitrogens with zero attached hydrogens (tertiary/aromatic N) is 1. The molecule has 1 aliphatic heterocycles. The van der Waals surface area contributed by atoms with Crippen LogP contribution in [-0.4, -0.2) is 50.7 Å². The normalized spacial score (nSPS) is 15.4. The highest BCUT2D eigenvalue weighted by molar-refractivity contribution is 5.76. The maximum Gasteiger partial charge on any atom is 0.221 e. The van der Waals surface area contributed by atoms with Gasteiger partial charge in [-0.25, -0.2) is 0 Å². The predicted molar refractivity (Wildman–Crippen MR) is 103 cm³/mol. The number of hydrogen-bond acceptors (Lipinski definition) is 5. The fraction of sp³-hybridized carbons (Fsp3) is 0.381. The van der Waals surface area contributed by atoms with Gasteiger partial charge in [-0.1, -0.05) is 30.3 Å². The first-order chi connectivity index (χ1) is 13.1. The van der Waals surface area contributed by atoms with Gasteiger partial charge in [0.05, 0.1) is 6.54 Å². The fourth-order valence-electron chi connectivity index (χ4n) is 2.67. The molecule has 0 saturated carbocycles. The second kappa shape index (κ2) is 9.28. The molecule has 144 valence electrons. The van der Waals surface area contributed by atoms with Gasteiger partial charge in [0.15, 0.2) is 11.5 Å². The Morgan fingerprint density at radius 3 is 2.78 bits per heavy atom. The van der Waals surface area contributed by atoms with E-state index in [0.717, 1.165) is 17.9 Å². The van der Waals surface area contributed by atoms with Crippen molar-refractivity contribution >= 4 is 5.91 Å². The molecule has 0 saturated heterocycles. The molecule has 1 aliphatic rings. The Morgan fingerprint density at radius 2 is 2.00 bits per heavy atom. The molecule has 1 atom stereocenters. The Morgan fingerprint density at radius 1 is 1.19 bits per heavy atom. The first-order valence-corrected chi connectivity index (χ1v) is 9.12. The van der Waals surface area contributed by atoms with E-state index in [1.807, 2.05) is 67.5 Å². The Hall–Kier alpha value is -2.73. The molecule has 6 heteroatoms. The molecule has 0 aromatic heterocycles. The summed E-state index contributed by atoms with van der Waals surface area (Å²) in [5.74, 6) is 2.06. The summed E-state index contributed by atoms with van der Waals surface area (Å²) in [7, 11) is 3.89.